The molecule has 2 aromatic rings. The molecule has 0 aromatic heterocycles. The molecule has 9 heteroatoms. The van der Waals surface area contributed by atoms with E-state index in [-0.39, 0.29) is 18.9 Å². The Morgan fingerprint density at radius 1 is 1.06 bits per heavy atom. The van der Waals surface area contributed by atoms with Gasteiger partial charge in [-0.25, -0.2) is 14.4 Å². The molecule has 0 spiro atoms. The second kappa shape index (κ2) is 10.8. The van der Waals surface area contributed by atoms with Gasteiger partial charge in [-0.3, -0.25) is 9.69 Å². The first-order valence-electron chi connectivity index (χ1n) is 10.9. The van der Waals surface area contributed by atoms with Crippen LogP contribution in [0.15, 0.2) is 54.6 Å². The highest BCUT2D eigenvalue weighted by Crippen LogP contribution is 2.36. The summed E-state index contributed by atoms with van der Waals surface area (Å²) in [7, 11) is 1.13. The number of nitrogens with one attached hydrogen (secondary N) is 1. The van der Waals surface area contributed by atoms with Gasteiger partial charge in [-0.05, 0) is 22.6 Å². The third-order valence-electron chi connectivity index (χ3n) is 5.78. The van der Waals surface area contributed by atoms with Crippen molar-refractivity contribution in [3.8, 4) is 0 Å². The molecule has 0 bridgehead atoms. The molecule has 2 aromatic carbocycles. The van der Waals surface area contributed by atoms with Crippen LogP contribution in [0.3, 0.4) is 0 Å². The predicted molar refractivity (Wildman–Crippen MR) is 122 cm³/mol. The number of rotatable bonds is 7. The molecule has 1 heterocycles. The number of ketones is 1. The zero-order valence-electron chi connectivity index (χ0n) is 19.3. The van der Waals surface area contributed by atoms with Crippen molar-refractivity contribution in [3.05, 3.63) is 71.3 Å². The summed E-state index contributed by atoms with van der Waals surface area (Å²) in [6, 6.07) is 12.4. The topological polar surface area (TPSA) is 122 Å². The Kier molecular flexibility index (Phi) is 7.88. The fraction of sp³-hybridized carbons (Fsp3) is 0.360. The SMILES string of the molecule is COC(=O)N1C(C(=O)O)Cc2ccccc2C1C(=O)[C@@H](NC(=O)OCc1ccccc1)C(C)C. The van der Waals surface area contributed by atoms with Gasteiger partial charge >= 0.3 is 18.2 Å². The maximum Gasteiger partial charge on any atom is 0.411 e. The van der Waals surface area contributed by atoms with E-state index in [1.807, 2.05) is 18.2 Å². The molecule has 1 aliphatic heterocycles. The molecule has 3 rings (SSSR count). The third kappa shape index (κ3) is 5.36. The van der Waals surface area contributed by atoms with Crippen LogP contribution in [0.1, 0.15) is 36.6 Å². The fourth-order valence-corrected chi connectivity index (χ4v) is 4.09. The number of hydrogen-bond acceptors (Lipinski definition) is 6. The van der Waals surface area contributed by atoms with Gasteiger partial charge in [0.05, 0.1) is 13.2 Å². The standard InChI is InChI=1S/C25H28N2O7/c1-15(2)20(26-24(31)34-14-16-9-5-4-6-10-16)22(28)21-18-12-8-7-11-17(18)13-19(23(29)30)27(21)25(32)33-3/h4-12,15,19-21H,13-14H2,1-3H3,(H,26,31)(H,29,30)/t19?,20-,21?/m0/s1. The number of ether oxygens (including phenoxy) is 2. The first-order chi connectivity index (χ1) is 16.2. The highest BCUT2D eigenvalue weighted by molar-refractivity contribution is 5.96. The monoisotopic (exact) mass is 468 g/mol. The molecule has 9 nitrogen and oxygen atoms in total. The number of hydrogen-bond donors (Lipinski definition) is 2. The van der Waals surface area contributed by atoms with Crippen molar-refractivity contribution in [1.29, 1.82) is 0 Å². The van der Waals surface area contributed by atoms with Crippen molar-refractivity contribution >= 4 is 23.9 Å². The number of carbonyl (C=O) groups excluding carboxylic acids is 3. The number of carbonyl (C=O) groups is 4. The minimum atomic E-state index is -1.30. The summed E-state index contributed by atoms with van der Waals surface area (Å²) < 4.78 is 10.1. The van der Waals surface area contributed by atoms with Gasteiger partial charge in [0, 0.05) is 6.42 Å². The molecule has 0 saturated carbocycles. The molecule has 0 fully saturated rings. The smallest absolute Gasteiger partial charge is 0.411 e. The second-order valence-electron chi connectivity index (χ2n) is 8.37. The van der Waals surface area contributed by atoms with Gasteiger partial charge in [0.25, 0.3) is 0 Å². The first-order valence-corrected chi connectivity index (χ1v) is 10.9. The minimum absolute atomic E-state index is 0.0211. The lowest BCUT2D eigenvalue weighted by Gasteiger charge is -2.41. The molecule has 2 amide bonds. The lowest BCUT2D eigenvalue weighted by Crippen LogP contribution is -2.57. The van der Waals surface area contributed by atoms with Gasteiger partial charge in [-0.2, -0.15) is 0 Å². The number of nitrogens with zero attached hydrogens (tertiary/aromatic N) is 1. The van der Waals surface area contributed by atoms with E-state index < -0.39 is 42.1 Å². The van der Waals surface area contributed by atoms with Crippen LogP contribution in [0.2, 0.25) is 0 Å². The zero-order chi connectivity index (χ0) is 24.8. The van der Waals surface area contributed by atoms with Crippen LogP contribution in [0.5, 0.6) is 0 Å². The van der Waals surface area contributed by atoms with Crippen LogP contribution in [0.25, 0.3) is 0 Å². The molecule has 0 aliphatic carbocycles. The zero-order valence-corrected chi connectivity index (χ0v) is 19.3. The Morgan fingerprint density at radius 2 is 1.71 bits per heavy atom. The Morgan fingerprint density at radius 3 is 2.32 bits per heavy atom. The molecular weight excluding hydrogens is 440 g/mol. The van der Waals surface area contributed by atoms with Crippen molar-refractivity contribution in [2.75, 3.05) is 7.11 Å². The van der Waals surface area contributed by atoms with E-state index in [4.69, 9.17) is 9.47 Å². The Hall–Kier alpha value is -3.88. The summed E-state index contributed by atoms with van der Waals surface area (Å²) in [6.45, 7) is 3.51. The van der Waals surface area contributed by atoms with E-state index in [1.165, 1.54) is 0 Å². The number of benzene rings is 2. The molecular formula is C25H28N2O7. The third-order valence-corrected chi connectivity index (χ3v) is 5.78. The number of carboxylic acids is 1. The lowest BCUT2D eigenvalue weighted by molar-refractivity contribution is -0.145. The summed E-state index contributed by atoms with van der Waals surface area (Å²) in [5.41, 5.74) is 1.93. The number of methoxy groups -OCH3 is 1. The van der Waals surface area contributed by atoms with Crippen LogP contribution >= 0.6 is 0 Å². The van der Waals surface area contributed by atoms with Gasteiger partial charge in [0.15, 0.2) is 5.78 Å². The average molecular weight is 469 g/mol. The predicted octanol–water partition coefficient (Wildman–Crippen LogP) is 3.33. The van der Waals surface area contributed by atoms with Gasteiger partial charge in [-0.1, -0.05) is 68.4 Å². The number of fused-ring (bicyclic) bond motifs is 1. The summed E-state index contributed by atoms with van der Waals surface area (Å²) in [4.78, 5) is 51.9. The van der Waals surface area contributed by atoms with Gasteiger partial charge in [0.1, 0.15) is 18.7 Å². The molecule has 0 saturated heterocycles. The molecule has 180 valence electrons. The molecule has 2 unspecified atom stereocenters. The highest BCUT2D eigenvalue weighted by Gasteiger charge is 2.47. The first kappa shape index (κ1) is 24.8. The summed E-state index contributed by atoms with van der Waals surface area (Å²) in [6.07, 6.45) is -1.70. The van der Waals surface area contributed by atoms with Crippen molar-refractivity contribution < 1.29 is 33.8 Å². The van der Waals surface area contributed by atoms with E-state index in [0.717, 1.165) is 17.6 Å². The lowest BCUT2D eigenvalue weighted by atomic mass is 9.82. The quantitative estimate of drug-likeness (QED) is 0.639. The van der Waals surface area contributed by atoms with Crippen molar-refractivity contribution in [1.82, 2.24) is 10.2 Å². The number of aliphatic carboxylic acids is 1. The second-order valence-corrected chi connectivity index (χ2v) is 8.37. The normalized spacial score (nSPS) is 17.9. The van der Waals surface area contributed by atoms with Crippen LogP contribution < -0.4 is 5.32 Å². The van der Waals surface area contributed by atoms with E-state index >= 15 is 0 Å². The Balaban J connectivity index is 1.90. The number of amides is 2. The molecule has 3 atom stereocenters. The van der Waals surface area contributed by atoms with Crippen LogP contribution in [0.4, 0.5) is 9.59 Å². The molecule has 34 heavy (non-hydrogen) atoms. The molecule has 2 N–H and O–H groups in total. The number of carboxylic acid groups (broad SMARTS) is 1. The number of alkyl carbamates (subject to hydrolysis) is 1. The maximum atomic E-state index is 13.8. The van der Waals surface area contributed by atoms with E-state index in [1.54, 1.807) is 50.2 Å². The van der Waals surface area contributed by atoms with Crippen molar-refractivity contribution in [3.63, 3.8) is 0 Å². The van der Waals surface area contributed by atoms with E-state index in [2.05, 4.69) is 5.32 Å². The van der Waals surface area contributed by atoms with Crippen molar-refractivity contribution in [2.24, 2.45) is 5.92 Å². The van der Waals surface area contributed by atoms with Gasteiger partial charge in [-0.15, -0.1) is 0 Å². The van der Waals surface area contributed by atoms with Gasteiger partial charge < -0.3 is 19.9 Å². The van der Waals surface area contributed by atoms with Crippen molar-refractivity contribution in [2.45, 2.75) is 45.0 Å². The number of Topliss-reactive ketones (excluding diaryl/α,β-unsaturated/α-hetero) is 1. The van der Waals surface area contributed by atoms with Crippen LogP contribution in [-0.4, -0.2) is 53.1 Å². The largest absolute Gasteiger partial charge is 0.480 e. The fourth-order valence-electron chi connectivity index (χ4n) is 4.09. The molecule has 0 radical (unpaired) electrons. The summed E-state index contributed by atoms with van der Waals surface area (Å²) in [5.74, 6) is -2.15. The van der Waals surface area contributed by atoms with Gasteiger partial charge in [0.2, 0.25) is 0 Å². The minimum Gasteiger partial charge on any atom is -0.480 e. The Bertz CT molecular complexity index is 1050. The molecule has 1 aliphatic rings. The highest BCUT2D eigenvalue weighted by atomic mass is 16.6. The average Bonchev–Trinajstić information content (AvgIpc) is 2.84. The Labute approximate surface area is 197 Å². The van der Waals surface area contributed by atoms with Crippen LogP contribution in [0, 0.1) is 5.92 Å². The van der Waals surface area contributed by atoms with Crippen LogP contribution in [-0.2, 0) is 32.1 Å². The summed E-state index contributed by atoms with van der Waals surface area (Å²) in [5, 5.41) is 12.4. The summed E-state index contributed by atoms with van der Waals surface area (Å²) >= 11 is 0. The maximum absolute atomic E-state index is 13.8. The van der Waals surface area contributed by atoms with E-state index in [9.17, 15) is 24.3 Å². The van der Waals surface area contributed by atoms with E-state index in [0.29, 0.717) is 11.1 Å².